The topological polar surface area (TPSA) is 49.4 Å². The van der Waals surface area contributed by atoms with E-state index in [4.69, 9.17) is 11.6 Å². The van der Waals surface area contributed by atoms with Crippen molar-refractivity contribution in [3.63, 3.8) is 0 Å². The Balaban J connectivity index is 1.70. The molecule has 1 unspecified atom stereocenters. The van der Waals surface area contributed by atoms with Crippen LogP contribution in [0.25, 0.3) is 0 Å². The molecule has 9 heteroatoms. The summed E-state index contributed by atoms with van der Waals surface area (Å²) in [4.78, 5) is 1.32. The van der Waals surface area contributed by atoms with Gasteiger partial charge >= 0.3 is 6.18 Å². The summed E-state index contributed by atoms with van der Waals surface area (Å²) in [6.07, 6.45) is -4.06. The van der Waals surface area contributed by atoms with Crippen molar-refractivity contribution < 1.29 is 21.6 Å². The first kappa shape index (κ1) is 20.0. The number of hydrogen-bond donors (Lipinski definition) is 1. The number of hydrogen-bond acceptors (Lipinski definition) is 3. The molecule has 1 saturated heterocycles. The SMILES string of the molecule is O=S(=O)(NCC1CCN(c2ccccc2)C1)c1ccc(Cl)cc1C(F)(F)F. The Morgan fingerprint density at radius 3 is 2.52 bits per heavy atom. The van der Waals surface area contributed by atoms with Gasteiger partial charge in [0.2, 0.25) is 10.0 Å². The fraction of sp³-hybridized carbons (Fsp3) is 0.333. The molecule has 0 saturated carbocycles. The van der Waals surface area contributed by atoms with Gasteiger partial charge in [0.1, 0.15) is 0 Å². The third-order valence-electron chi connectivity index (χ3n) is 4.51. The molecular formula is C18H18ClF3N2O2S. The monoisotopic (exact) mass is 418 g/mol. The number of halogens is 4. The summed E-state index contributed by atoms with van der Waals surface area (Å²) in [5.41, 5.74) is -0.222. The van der Waals surface area contributed by atoms with E-state index in [0.29, 0.717) is 12.6 Å². The lowest BCUT2D eigenvalue weighted by molar-refractivity contribution is -0.139. The zero-order valence-electron chi connectivity index (χ0n) is 14.2. The van der Waals surface area contributed by atoms with Gasteiger partial charge in [-0.15, -0.1) is 0 Å². The number of nitrogens with one attached hydrogen (secondary N) is 1. The summed E-state index contributed by atoms with van der Waals surface area (Å²) in [6.45, 7) is 1.48. The molecule has 0 radical (unpaired) electrons. The van der Waals surface area contributed by atoms with Crippen molar-refractivity contribution in [3.05, 3.63) is 59.1 Å². The fourth-order valence-corrected chi connectivity index (χ4v) is 4.63. The van der Waals surface area contributed by atoms with Crippen LogP contribution in [0, 0.1) is 5.92 Å². The van der Waals surface area contributed by atoms with Crippen LogP contribution in [-0.4, -0.2) is 28.1 Å². The number of nitrogens with zero attached hydrogens (tertiary/aromatic N) is 1. The standard InChI is InChI=1S/C18H18ClF3N2O2S/c19-14-6-7-17(16(10-14)18(20,21)22)27(25,26)23-11-13-8-9-24(12-13)15-4-2-1-3-5-15/h1-7,10,13,23H,8-9,11-12H2. The van der Waals surface area contributed by atoms with Crippen molar-refractivity contribution in [2.75, 3.05) is 24.5 Å². The van der Waals surface area contributed by atoms with Gasteiger partial charge in [-0.2, -0.15) is 13.2 Å². The van der Waals surface area contributed by atoms with E-state index >= 15 is 0 Å². The summed E-state index contributed by atoms with van der Waals surface area (Å²) < 4.78 is 66.8. The number of rotatable bonds is 5. The van der Waals surface area contributed by atoms with Gasteiger partial charge in [-0.25, -0.2) is 13.1 Å². The summed E-state index contributed by atoms with van der Waals surface area (Å²) in [5.74, 6) is 0.0154. The highest BCUT2D eigenvalue weighted by molar-refractivity contribution is 7.89. The molecule has 0 bridgehead atoms. The lowest BCUT2D eigenvalue weighted by Crippen LogP contribution is -2.32. The van der Waals surface area contributed by atoms with Gasteiger partial charge in [-0.3, -0.25) is 0 Å². The largest absolute Gasteiger partial charge is 0.417 e. The Morgan fingerprint density at radius 2 is 1.85 bits per heavy atom. The normalized spacial score (nSPS) is 18.1. The minimum atomic E-state index is -4.81. The highest BCUT2D eigenvalue weighted by Gasteiger charge is 2.37. The van der Waals surface area contributed by atoms with E-state index in [9.17, 15) is 21.6 Å². The Bertz CT molecular complexity index is 905. The molecule has 1 fully saturated rings. The lowest BCUT2D eigenvalue weighted by Gasteiger charge is -2.19. The Kier molecular flexibility index (Phi) is 5.69. The maximum atomic E-state index is 13.2. The van der Waals surface area contributed by atoms with Gasteiger partial charge in [0.05, 0.1) is 10.5 Å². The first-order valence-corrected chi connectivity index (χ1v) is 10.2. The van der Waals surface area contributed by atoms with Crippen LogP contribution in [0.1, 0.15) is 12.0 Å². The number of benzene rings is 2. The smallest absolute Gasteiger partial charge is 0.371 e. The molecule has 0 aromatic heterocycles. The molecular weight excluding hydrogens is 401 g/mol. The minimum absolute atomic E-state index is 0.0154. The summed E-state index contributed by atoms with van der Waals surface area (Å²) in [5, 5.41) is -0.171. The van der Waals surface area contributed by atoms with Gasteiger partial charge in [0, 0.05) is 30.3 Å². The molecule has 27 heavy (non-hydrogen) atoms. The number of sulfonamides is 1. The van der Waals surface area contributed by atoms with E-state index in [1.807, 2.05) is 30.3 Å². The number of anilines is 1. The predicted octanol–water partition coefficient (Wildman–Crippen LogP) is 4.16. The van der Waals surface area contributed by atoms with Crippen molar-refractivity contribution in [2.24, 2.45) is 5.92 Å². The summed E-state index contributed by atoms with van der Waals surface area (Å²) in [6, 6.07) is 12.3. The van der Waals surface area contributed by atoms with E-state index < -0.39 is 26.7 Å². The van der Waals surface area contributed by atoms with E-state index in [-0.39, 0.29) is 17.5 Å². The third-order valence-corrected chi connectivity index (χ3v) is 6.22. The van der Waals surface area contributed by atoms with Crippen LogP contribution < -0.4 is 9.62 Å². The maximum Gasteiger partial charge on any atom is 0.417 e. The van der Waals surface area contributed by atoms with Crippen molar-refractivity contribution in [1.82, 2.24) is 4.72 Å². The fourth-order valence-electron chi connectivity index (χ4n) is 3.14. The Labute approximate surface area is 161 Å². The van der Waals surface area contributed by atoms with Gasteiger partial charge in [-0.05, 0) is 42.7 Å². The average molecular weight is 419 g/mol. The average Bonchev–Trinajstić information content (AvgIpc) is 3.09. The van der Waals surface area contributed by atoms with Crippen molar-refractivity contribution in [3.8, 4) is 0 Å². The molecule has 4 nitrogen and oxygen atoms in total. The summed E-state index contributed by atoms with van der Waals surface area (Å²) >= 11 is 5.61. The van der Waals surface area contributed by atoms with Gasteiger partial charge in [0.15, 0.2) is 0 Å². The first-order valence-electron chi connectivity index (χ1n) is 8.33. The second kappa shape index (κ2) is 7.69. The van der Waals surface area contributed by atoms with E-state index in [0.717, 1.165) is 30.8 Å². The first-order chi connectivity index (χ1) is 12.7. The molecule has 1 heterocycles. The molecule has 2 aromatic rings. The van der Waals surface area contributed by atoms with Gasteiger partial charge in [-0.1, -0.05) is 29.8 Å². The van der Waals surface area contributed by atoms with Crippen LogP contribution >= 0.6 is 11.6 Å². The molecule has 2 aromatic carbocycles. The van der Waals surface area contributed by atoms with E-state index in [2.05, 4.69) is 9.62 Å². The quantitative estimate of drug-likeness (QED) is 0.793. The molecule has 1 N–H and O–H groups in total. The zero-order valence-corrected chi connectivity index (χ0v) is 15.8. The molecule has 0 amide bonds. The molecule has 3 rings (SSSR count). The molecule has 146 valence electrons. The minimum Gasteiger partial charge on any atom is -0.371 e. The van der Waals surface area contributed by atoms with Gasteiger partial charge in [0.25, 0.3) is 0 Å². The highest BCUT2D eigenvalue weighted by Crippen LogP contribution is 2.36. The maximum absolute atomic E-state index is 13.2. The third kappa shape index (κ3) is 4.75. The molecule has 0 spiro atoms. The summed E-state index contributed by atoms with van der Waals surface area (Å²) in [7, 11) is -4.31. The second-order valence-corrected chi connectivity index (χ2v) is 8.60. The number of alkyl halides is 3. The Hall–Kier alpha value is -1.77. The van der Waals surface area contributed by atoms with Crippen molar-refractivity contribution >= 4 is 27.3 Å². The number of para-hydroxylation sites is 1. The van der Waals surface area contributed by atoms with Crippen molar-refractivity contribution in [2.45, 2.75) is 17.5 Å². The van der Waals surface area contributed by atoms with Crippen LogP contribution in [0.2, 0.25) is 5.02 Å². The highest BCUT2D eigenvalue weighted by atomic mass is 35.5. The van der Waals surface area contributed by atoms with Crippen LogP contribution in [0.4, 0.5) is 18.9 Å². The lowest BCUT2D eigenvalue weighted by atomic mass is 10.1. The van der Waals surface area contributed by atoms with Crippen LogP contribution in [0.3, 0.4) is 0 Å². The molecule has 1 aliphatic heterocycles. The van der Waals surface area contributed by atoms with Crippen molar-refractivity contribution in [1.29, 1.82) is 0 Å². The Morgan fingerprint density at radius 1 is 1.15 bits per heavy atom. The van der Waals surface area contributed by atoms with Gasteiger partial charge < -0.3 is 4.90 Å². The molecule has 1 aliphatic rings. The zero-order chi connectivity index (χ0) is 19.7. The van der Waals surface area contributed by atoms with Crippen LogP contribution in [-0.2, 0) is 16.2 Å². The second-order valence-electron chi connectivity index (χ2n) is 6.43. The van der Waals surface area contributed by atoms with E-state index in [1.165, 1.54) is 0 Å². The van der Waals surface area contributed by atoms with E-state index in [1.54, 1.807) is 0 Å². The van der Waals surface area contributed by atoms with Crippen LogP contribution in [0.15, 0.2) is 53.4 Å². The van der Waals surface area contributed by atoms with Crippen LogP contribution in [0.5, 0.6) is 0 Å². The predicted molar refractivity (Wildman–Crippen MR) is 98.4 cm³/mol. The molecule has 0 aliphatic carbocycles. The molecule has 1 atom stereocenters.